The average Bonchev–Trinajstić information content (AvgIpc) is 1.99. The fourth-order valence-electron chi connectivity index (χ4n) is 1.39. The lowest BCUT2D eigenvalue weighted by atomic mass is 10.1. The van der Waals surface area contributed by atoms with Gasteiger partial charge in [-0.1, -0.05) is 22.0 Å². The highest BCUT2D eigenvalue weighted by molar-refractivity contribution is 9.10. The summed E-state index contributed by atoms with van der Waals surface area (Å²) in [6, 6.07) is 5.37. The Kier molecular flexibility index (Phi) is 3.92. The monoisotopic (exact) mass is 292 g/mol. The molecule has 1 N–H and O–H groups in total. The van der Waals surface area contributed by atoms with Crippen molar-refractivity contribution in [2.24, 2.45) is 0 Å². The molecule has 1 aromatic rings. The van der Waals surface area contributed by atoms with E-state index < -0.39 is 15.9 Å². The lowest BCUT2D eigenvalue weighted by molar-refractivity contribution is 0.201. The molecule has 1 rings (SSSR count). The highest BCUT2D eigenvalue weighted by atomic mass is 79.9. The van der Waals surface area contributed by atoms with Gasteiger partial charge in [0.25, 0.3) is 0 Å². The summed E-state index contributed by atoms with van der Waals surface area (Å²) in [7, 11) is -3.16. The van der Waals surface area contributed by atoms with Crippen molar-refractivity contribution in [3.8, 4) is 0 Å². The van der Waals surface area contributed by atoms with Gasteiger partial charge in [0, 0.05) is 10.7 Å². The first kappa shape index (κ1) is 12.7. The molecule has 15 heavy (non-hydrogen) atoms. The molecule has 0 aliphatic carbocycles. The van der Waals surface area contributed by atoms with Crippen molar-refractivity contribution in [3.63, 3.8) is 0 Å². The largest absolute Gasteiger partial charge is 0.387 e. The number of sulfone groups is 1. The fourth-order valence-corrected chi connectivity index (χ4v) is 2.62. The van der Waals surface area contributed by atoms with Gasteiger partial charge in [-0.15, -0.1) is 0 Å². The average molecular weight is 293 g/mol. The maximum Gasteiger partial charge on any atom is 0.150 e. The van der Waals surface area contributed by atoms with Crippen LogP contribution in [0.5, 0.6) is 0 Å². The highest BCUT2D eigenvalue weighted by Crippen LogP contribution is 2.22. The smallest absolute Gasteiger partial charge is 0.150 e. The second-order valence-electron chi connectivity index (χ2n) is 3.61. The molecular weight excluding hydrogens is 280 g/mol. The number of hydrogen-bond donors (Lipinski definition) is 1. The Bertz CT molecular complexity index is 454. The van der Waals surface area contributed by atoms with E-state index >= 15 is 0 Å². The molecule has 0 radical (unpaired) electrons. The quantitative estimate of drug-likeness (QED) is 0.925. The molecule has 5 heteroatoms. The first-order valence-corrected chi connectivity index (χ1v) is 7.27. The lowest BCUT2D eigenvalue weighted by Crippen LogP contribution is -2.13. The van der Waals surface area contributed by atoms with E-state index in [1.165, 1.54) is 0 Å². The van der Waals surface area contributed by atoms with Crippen molar-refractivity contribution in [3.05, 3.63) is 33.8 Å². The number of hydrogen-bond acceptors (Lipinski definition) is 3. The van der Waals surface area contributed by atoms with E-state index in [1.807, 2.05) is 13.0 Å². The Labute approximate surface area is 98.2 Å². The van der Waals surface area contributed by atoms with E-state index in [0.29, 0.717) is 5.56 Å². The summed E-state index contributed by atoms with van der Waals surface area (Å²) in [5.41, 5.74) is 1.53. The second kappa shape index (κ2) is 4.63. The third-order valence-electron chi connectivity index (χ3n) is 2.05. The van der Waals surface area contributed by atoms with E-state index in [2.05, 4.69) is 15.9 Å². The number of aliphatic hydroxyl groups is 1. The van der Waals surface area contributed by atoms with E-state index in [0.717, 1.165) is 16.3 Å². The molecule has 0 saturated heterocycles. The number of rotatable bonds is 3. The van der Waals surface area contributed by atoms with Crippen LogP contribution in [-0.4, -0.2) is 25.5 Å². The summed E-state index contributed by atoms with van der Waals surface area (Å²) in [5.74, 6) is -0.241. The summed E-state index contributed by atoms with van der Waals surface area (Å²) in [5, 5.41) is 9.73. The molecule has 0 amide bonds. The number of halogens is 1. The minimum Gasteiger partial charge on any atom is -0.387 e. The van der Waals surface area contributed by atoms with Crippen LogP contribution in [0.15, 0.2) is 22.7 Å². The van der Waals surface area contributed by atoms with E-state index in [9.17, 15) is 13.5 Å². The SMILES string of the molecule is Cc1cc(Br)ccc1C(O)CS(C)(=O)=O. The van der Waals surface area contributed by atoms with Gasteiger partial charge in [0.15, 0.2) is 0 Å². The van der Waals surface area contributed by atoms with Crippen LogP contribution in [0, 0.1) is 6.92 Å². The van der Waals surface area contributed by atoms with E-state index in [-0.39, 0.29) is 5.75 Å². The van der Waals surface area contributed by atoms with Crippen LogP contribution in [-0.2, 0) is 9.84 Å². The highest BCUT2D eigenvalue weighted by Gasteiger charge is 2.16. The van der Waals surface area contributed by atoms with Gasteiger partial charge in [-0.3, -0.25) is 0 Å². The zero-order chi connectivity index (χ0) is 11.6. The maximum atomic E-state index is 11.0. The van der Waals surface area contributed by atoms with Crippen LogP contribution in [0.1, 0.15) is 17.2 Å². The molecule has 0 bridgehead atoms. The summed E-state index contributed by atoms with van der Waals surface area (Å²) in [4.78, 5) is 0. The van der Waals surface area contributed by atoms with E-state index in [4.69, 9.17) is 0 Å². The molecule has 1 aromatic carbocycles. The summed E-state index contributed by atoms with van der Waals surface area (Å²) < 4.78 is 23.0. The predicted octanol–water partition coefficient (Wildman–Crippen LogP) is 1.84. The molecule has 3 nitrogen and oxygen atoms in total. The number of benzene rings is 1. The molecule has 0 aromatic heterocycles. The third kappa shape index (κ3) is 3.93. The van der Waals surface area contributed by atoms with Crippen molar-refractivity contribution in [1.29, 1.82) is 0 Å². The van der Waals surface area contributed by atoms with E-state index in [1.54, 1.807) is 12.1 Å². The predicted molar refractivity (Wildman–Crippen MR) is 63.5 cm³/mol. The number of aliphatic hydroxyl groups excluding tert-OH is 1. The first-order valence-electron chi connectivity index (χ1n) is 4.41. The van der Waals surface area contributed by atoms with Crippen LogP contribution in [0.2, 0.25) is 0 Å². The molecule has 0 aliphatic rings. The van der Waals surface area contributed by atoms with Gasteiger partial charge in [-0.25, -0.2) is 8.42 Å². The minimum absolute atomic E-state index is 0.241. The Morgan fingerprint density at radius 1 is 1.47 bits per heavy atom. The molecule has 84 valence electrons. The molecule has 1 unspecified atom stereocenters. The molecule has 1 atom stereocenters. The number of aryl methyl sites for hydroxylation is 1. The van der Waals surface area contributed by atoms with Crippen molar-refractivity contribution in [2.75, 3.05) is 12.0 Å². The standard InChI is InChI=1S/C10H13BrO3S/c1-7-5-8(11)3-4-9(7)10(12)6-15(2,13)14/h3-5,10,12H,6H2,1-2H3. The Hall–Kier alpha value is -0.390. The van der Waals surface area contributed by atoms with Gasteiger partial charge in [0.05, 0.1) is 11.9 Å². The fraction of sp³-hybridized carbons (Fsp3) is 0.400. The Morgan fingerprint density at radius 3 is 2.53 bits per heavy atom. The van der Waals surface area contributed by atoms with Crippen LogP contribution < -0.4 is 0 Å². The summed E-state index contributed by atoms with van der Waals surface area (Å²) >= 11 is 3.31. The van der Waals surface area contributed by atoms with Gasteiger partial charge < -0.3 is 5.11 Å². The topological polar surface area (TPSA) is 54.4 Å². The first-order chi connectivity index (χ1) is 6.79. The van der Waals surface area contributed by atoms with Crippen LogP contribution in [0.4, 0.5) is 0 Å². The molecule has 0 aliphatic heterocycles. The minimum atomic E-state index is -3.16. The van der Waals surface area contributed by atoms with Gasteiger partial charge in [-0.05, 0) is 30.2 Å². The Morgan fingerprint density at radius 2 is 2.07 bits per heavy atom. The summed E-state index contributed by atoms with van der Waals surface area (Å²) in [6.07, 6.45) is 0.165. The van der Waals surface area contributed by atoms with Gasteiger partial charge in [0.1, 0.15) is 9.84 Å². The van der Waals surface area contributed by atoms with Crippen molar-refractivity contribution < 1.29 is 13.5 Å². The Balaban J connectivity index is 2.97. The van der Waals surface area contributed by atoms with Crippen LogP contribution in [0.3, 0.4) is 0 Å². The zero-order valence-corrected chi connectivity index (χ0v) is 11.0. The van der Waals surface area contributed by atoms with Crippen LogP contribution in [0.25, 0.3) is 0 Å². The zero-order valence-electron chi connectivity index (χ0n) is 8.57. The van der Waals surface area contributed by atoms with Crippen molar-refractivity contribution in [1.82, 2.24) is 0 Å². The molecule has 0 spiro atoms. The van der Waals surface area contributed by atoms with Gasteiger partial charge >= 0.3 is 0 Å². The van der Waals surface area contributed by atoms with Gasteiger partial charge in [0.2, 0.25) is 0 Å². The lowest BCUT2D eigenvalue weighted by Gasteiger charge is -2.12. The maximum absolute atomic E-state index is 11.0. The molecule has 0 saturated carbocycles. The third-order valence-corrected chi connectivity index (χ3v) is 3.47. The molecule has 0 fully saturated rings. The molecular formula is C10H13BrO3S. The van der Waals surface area contributed by atoms with Gasteiger partial charge in [-0.2, -0.15) is 0 Å². The summed E-state index contributed by atoms with van der Waals surface area (Å²) in [6.45, 7) is 1.84. The van der Waals surface area contributed by atoms with Crippen molar-refractivity contribution >= 4 is 25.8 Å². The second-order valence-corrected chi connectivity index (χ2v) is 6.71. The molecule has 0 heterocycles. The van der Waals surface area contributed by atoms with Crippen molar-refractivity contribution in [2.45, 2.75) is 13.0 Å². The van der Waals surface area contributed by atoms with Crippen LogP contribution >= 0.6 is 15.9 Å². The normalized spacial score (nSPS) is 13.9.